The molecule has 0 amide bonds. The van der Waals surface area contributed by atoms with Crippen LogP contribution in [-0.2, 0) is 23.3 Å². The Morgan fingerprint density at radius 2 is 1.69 bits per heavy atom. The minimum Gasteiger partial charge on any atom is -0.481 e. The quantitative estimate of drug-likeness (QED) is 0.772. The fraction of sp³-hybridized carbons (Fsp3) is 0.714. The van der Waals surface area contributed by atoms with Gasteiger partial charge in [0, 0.05) is 18.5 Å². The van der Waals surface area contributed by atoms with Crippen LogP contribution in [0.1, 0.15) is 77.5 Å². The Labute approximate surface area is 169 Å². The molecule has 29 heavy (non-hydrogen) atoms. The second-order valence-corrected chi connectivity index (χ2v) is 8.89. The second-order valence-electron chi connectivity index (χ2n) is 8.89. The molecule has 2 aromatic heterocycles. The summed E-state index contributed by atoms with van der Waals surface area (Å²) in [4.78, 5) is 45.9. The minimum atomic E-state index is -0.683. The van der Waals surface area contributed by atoms with Gasteiger partial charge in [0.2, 0.25) is 0 Å². The zero-order valence-electron chi connectivity index (χ0n) is 17.3. The number of nitrogens with one attached hydrogen (secondary N) is 1. The van der Waals surface area contributed by atoms with E-state index in [-0.39, 0.29) is 16.7 Å². The van der Waals surface area contributed by atoms with E-state index in [9.17, 15) is 19.5 Å². The number of fused-ring (bicyclic) bond motifs is 5. The fourth-order valence-electron chi connectivity index (χ4n) is 5.41. The Hall–Kier alpha value is -2.38. The van der Waals surface area contributed by atoms with Crippen molar-refractivity contribution < 1.29 is 9.90 Å². The van der Waals surface area contributed by atoms with Crippen LogP contribution in [0.4, 0.5) is 0 Å². The summed E-state index contributed by atoms with van der Waals surface area (Å²) < 4.78 is 2.92. The molecule has 2 N–H and O–H groups in total. The maximum absolute atomic E-state index is 13.0. The lowest BCUT2D eigenvalue weighted by Gasteiger charge is -2.39. The van der Waals surface area contributed by atoms with Crippen LogP contribution in [0, 0.1) is 5.41 Å². The molecule has 0 aromatic carbocycles. The summed E-state index contributed by atoms with van der Waals surface area (Å²) >= 11 is 0. The predicted molar refractivity (Wildman–Crippen MR) is 109 cm³/mol. The third-order valence-electron chi connectivity index (χ3n) is 7.19. The Kier molecular flexibility index (Phi) is 4.91. The van der Waals surface area contributed by atoms with E-state index >= 15 is 0 Å². The number of carboxylic acids is 1. The molecule has 0 atom stereocenters. The number of aromatic nitrogens is 4. The number of carbonyl (C=O) groups is 1. The molecule has 0 aliphatic heterocycles. The highest BCUT2D eigenvalue weighted by atomic mass is 16.4. The van der Waals surface area contributed by atoms with E-state index in [0.29, 0.717) is 49.9 Å². The van der Waals surface area contributed by atoms with Gasteiger partial charge in [-0.1, -0.05) is 20.3 Å². The first-order chi connectivity index (χ1) is 13.9. The van der Waals surface area contributed by atoms with Crippen molar-refractivity contribution in [2.24, 2.45) is 5.41 Å². The summed E-state index contributed by atoms with van der Waals surface area (Å²) in [5.41, 5.74) is -0.601. The number of H-pyrrole nitrogens is 1. The largest absolute Gasteiger partial charge is 0.481 e. The molecule has 158 valence electrons. The molecule has 5 rings (SSSR count). The van der Waals surface area contributed by atoms with Gasteiger partial charge in [0.05, 0.1) is 5.41 Å². The average Bonchev–Trinajstić information content (AvgIpc) is 2.95. The van der Waals surface area contributed by atoms with Crippen LogP contribution < -0.4 is 11.2 Å². The maximum atomic E-state index is 13.0. The first kappa shape index (κ1) is 19.9. The Balaban J connectivity index is 1.85. The average molecular weight is 402 g/mol. The molecular weight excluding hydrogens is 372 g/mol. The van der Waals surface area contributed by atoms with E-state index in [1.165, 1.54) is 4.57 Å². The van der Waals surface area contributed by atoms with Crippen molar-refractivity contribution in [2.45, 2.75) is 90.1 Å². The van der Waals surface area contributed by atoms with Crippen LogP contribution in [0.3, 0.4) is 0 Å². The third kappa shape index (κ3) is 2.95. The van der Waals surface area contributed by atoms with Gasteiger partial charge >= 0.3 is 11.7 Å². The van der Waals surface area contributed by atoms with Gasteiger partial charge < -0.3 is 10.1 Å². The number of aryl methyl sites for hydroxylation is 1. The lowest BCUT2D eigenvalue weighted by molar-refractivity contribution is -0.151. The number of hydrogen-bond acceptors (Lipinski definition) is 4. The second kappa shape index (κ2) is 7.15. The highest BCUT2D eigenvalue weighted by Crippen LogP contribution is 2.54. The number of aromatic amines is 1. The van der Waals surface area contributed by atoms with E-state index in [0.717, 1.165) is 37.9 Å². The van der Waals surface area contributed by atoms with Gasteiger partial charge in [0.15, 0.2) is 5.65 Å². The minimum absolute atomic E-state index is 0.233. The topological polar surface area (TPSA) is 110 Å². The summed E-state index contributed by atoms with van der Waals surface area (Å²) in [7, 11) is 0. The third-order valence-corrected chi connectivity index (χ3v) is 7.19. The normalized spacial score (nSPS) is 26.7. The first-order valence-corrected chi connectivity index (χ1v) is 10.8. The molecule has 8 heteroatoms. The van der Waals surface area contributed by atoms with Gasteiger partial charge in [0.1, 0.15) is 11.3 Å². The monoisotopic (exact) mass is 402 g/mol. The number of imidazole rings is 1. The van der Waals surface area contributed by atoms with E-state index < -0.39 is 11.4 Å². The van der Waals surface area contributed by atoms with Crippen molar-refractivity contribution in [3.8, 4) is 0 Å². The maximum Gasteiger partial charge on any atom is 0.332 e. The van der Waals surface area contributed by atoms with Crippen LogP contribution in [0.15, 0.2) is 9.59 Å². The molecule has 2 heterocycles. The van der Waals surface area contributed by atoms with E-state index in [2.05, 4.69) is 4.98 Å². The molecule has 3 fully saturated rings. The van der Waals surface area contributed by atoms with Gasteiger partial charge in [-0.25, -0.2) is 9.78 Å². The number of carboxylic acid groups (broad SMARTS) is 1. The smallest absolute Gasteiger partial charge is 0.332 e. The fourth-order valence-corrected chi connectivity index (χ4v) is 5.41. The lowest BCUT2D eigenvalue weighted by Crippen LogP contribution is -2.40. The Morgan fingerprint density at radius 1 is 1.03 bits per heavy atom. The standard InChI is InChI=1S/C21H30N4O4/c1-3-12-24-15-14(16(26)25(13-4-2)19(24)29)22-17(23-15)20-6-5-7-21(10-8-20,11-9-20)18(27)28/h3-13H2,1-2H3,(H,22,23)(H,27,28). The molecule has 3 aliphatic rings. The van der Waals surface area contributed by atoms with Crippen molar-refractivity contribution >= 4 is 17.1 Å². The SMILES string of the molecule is CCCn1c(=O)c2[nH]c(C34CCCC(C(=O)O)(CC3)CC4)nc2n(CCC)c1=O. The van der Waals surface area contributed by atoms with E-state index in [1.807, 2.05) is 13.8 Å². The van der Waals surface area contributed by atoms with Crippen LogP contribution in [-0.4, -0.2) is 30.2 Å². The molecular formula is C21H30N4O4. The molecule has 0 unspecified atom stereocenters. The van der Waals surface area contributed by atoms with Crippen LogP contribution >= 0.6 is 0 Å². The lowest BCUT2D eigenvalue weighted by atomic mass is 9.65. The van der Waals surface area contributed by atoms with Gasteiger partial charge in [-0.2, -0.15) is 0 Å². The van der Waals surface area contributed by atoms with Crippen molar-refractivity contribution in [1.82, 2.24) is 19.1 Å². The van der Waals surface area contributed by atoms with Gasteiger partial charge in [-0.15, -0.1) is 0 Å². The molecule has 0 saturated heterocycles. The highest BCUT2D eigenvalue weighted by molar-refractivity contribution is 5.75. The molecule has 0 radical (unpaired) electrons. The first-order valence-electron chi connectivity index (χ1n) is 10.8. The number of nitrogens with zero attached hydrogens (tertiary/aromatic N) is 3. The van der Waals surface area contributed by atoms with Crippen LogP contribution in [0.25, 0.3) is 11.2 Å². The van der Waals surface area contributed by atoms with Crippen molar-refractivity contribution in [2.75, 3.05) is 0 Å². The van der Waals surface area contributed by atoms with Gasteiger partial charge in [-0.05, 0) is 51.4 Å². The number of aliphatic carboxylic acids is 1. The van der Waals surface area contributed by atoms with Crippen molar-refractivity contribution in [3.63, 3.8) is 0 Å². The molecule has 3 aliphatic carbocycles. The van der Waals surface area contributed by atoms with Gasteiger partial charge in [0.25, 0.3) is 5.56 Å². The molecule has 8 nitrogen and oxygen atoms in total. The summed E-state index contributed by atoms with van der Waals surface area (Å²) in [6.45, 7) is 4.84. The van der Waals surface area contributed by atoms with Gasteiger partial charge in [-0.3, -0.25) is 18.7 Å². The Morgan fingerprint density at radius 3 is 2.31 bits per heavy atom. The molecule has 3 saturated carbocycles. The predicted octanol–water partition coefficient (Wildman–Crippen LogP) is 2.77. The Bertz CT molecular complexity index is 1050. The van der Waals surface area contributed by atoms with E-state index in [1.54, 1.807) is 4.57 Å². The number of rotatable bonds is 6. The summed E-state index contributed by atoms with van der Waals surface area (Å²) in [6.07, 6.45) is 6.66. The number of hydrogen-bond donors (Lipinski definition) is 2. The van der Waals surface area contributed by atoms with Crippen LogP contribution in [0.2, 0.25) is 0 Å². The zero-order chi connectivity index (χ0) is 20.8. The van der Waals surface area contributed by atoms with E-state index in [4.69, 9.17) is 4.98 Å². The molecule has 2 aromatic rings. The molecule has 0 spiro atoms. The van der Waals surface area contributed by atoms with Crippen LogP contribution in [0.5, 0.6) is 0 Å². The van der Waals surface area contributed by atoms with Crippen molar-refractivity contribution in [1.29, 1.82) is 0 Å². The summed E-state index contributed by atoms with van der Waals surface area (Å²) in [5.74, 6) is 0.0702. The molecule has 2 bridgehead atoms. The van der Waals surface area contributed by atoms with Crippen molar-refractivity contribution in [3.05, 3.63) is 26.7 Å². The summed E-state index contributed by atoms with van der Waals surface area (Å²) in [5, 5.41) is 9.75. The summed E-state index contributed by atoms with van der Waals surface area (Å²) in [6, 6.07) is 0. The zero-order valence-corrected chi connectivity index (χ0v) is 17.3. The highest BCUT2D eigenvalue weighted by Gasteiger charge is 2.51.